The highest BCUT2D eigenvalue weighted by atomic mass is 16.7. The minimum absolute atomic E-state index is 0.126. The van der Waals surface area contributed by atoms with Gasteiger partial charge in [0.2, 0.25) is 6.29 Å². The molecule has 0 aliphatic heterocycles. The molecule has 49 heavy (non-hydrogen) atoms. The summed E-state index contributed by atoms with van der Waals surface area (Å²) in [5.74, 6) is 0.284. The van der Waals surface area contributed by atoms with Gasteiger partial charge < -0.3 is 28.8 Å². The van der Waals surface area contributed by atoms with Gasteiger partial charge in [0.1, 0.15) is 24.2 Å². The van der Waals surface area contributed by atoms with E-state index in [1.807, 2.05) is 6.92 Å². The molecule has 0 saturated heterocycles. The second kappa shape index (κ2) is 34.8. The summed E-state index contributed by atoms with van der Waals surface area (Å²) < 4.78 is 30.0. The molecule has 0 aliphatic rings. The number of hydrogen-bond acceptors (Lipinski definition) is 7. The van der Waals surface area contributed by atoms with Crippen LogP contribution in [0.2, 0.25) is 0 Å². The van der Waals surface area contributed by atoms with Crippen LogP contribution in [0.15, 0.2) is 18.2 Å². The first kappa shape index (κ1) is 45.4. The highest BCUT2D eigenvalue weighted by Gasteiger charge is 2.17. The lowest BCUT2D eigenvalue weighted by Crippen LogP contribution is -2.33. The molecule has 1 unspecified atom stereocenters. The van der Waals surface area contributed by atoms with Crippen LogP contribution in [0.4, 0.5) is 0 Å². The van der Waals surface area contributed by atoms with Crippen molar-refractivity contribution in [3.63, 3.8) is 0 Å². The van der Waals surface area contributed by atoms with E-state index in [2.05, 4.69) is 13.8 Å². The van der Waals surface area contributed by atoms with Crippen LogP contribution in [-0.2, 0) is 18.9 Å². The molecule has 0 heterocycles. The van der Waals surface area contributed by atoms with Crippen LogP contribution in [0.3, 0.4) is 0 Å². The number of carbonyl (C=O) groups excluding carboxylic acids is 1. The molecule has 0 radical (unpaired) electrons. The maximum atomic E-state index is 11.1. The van der Waals surface area contributed by atoms with Crippen molar-refractivity contribution in [3.05, 3.63) is 23.8 Å². The van der Waals surface area contributed by atoms with Crippen molar-refractivity contribution in [1.82, 2.24) is 0 Å². The van der Waals surface area contributed by atoms with Crippen LogP contribution >= 0.6 is 0 Å². The normalized spacial score (nSPS) is 12.2. The van der Waals surface area contributed by atoms with Crippen molar-refractivity contribution in [1.29, 1.82) is 0 Å². The van der Waals surface area contributed by atoms with Gasteiger partial charge in [0, 0.05) is 25.9 Å². The first-order valence-electron chi connectivity index (χ1n) is 20.5. The van der Waals surface area contributed by atoms with Gasteiger partial charge in [-0.15, -0.1) is 0 Å². The first-order chi connectivity index (χ1) is 24.1. The van der Waals surface area contributed by atoms with Gasteiger partial charge in [-0.05, 0) is 31.9 Å². The van der Waals surface area contributed by atoms with Crippen LogP contribution in [-0.4, -0.2) is 63.4 Å². The second-order valence-corrected chi connectivity index (χ2v) is 13.7. The van der Waals surface area contributed by atoms with Crippen LogP contribution in [0.25, 0.3) is 0 Å². The maximum absolute atomic E-state index is 11.1. The number of aromatic hydroxyl groups is 1. The number of phenolic OH excluding ortho intramolecular Hbond substituents is 1. The fraction of sp³-hybridized carbons (Fsp3) is 0.833. The molecule has 1 rings (SSSR count). The number of benzene rings is 1. The predicted molar refractivity (Wildman–Crippen MR) is 203 cm³/mol. The largest absolute Gasteiger partial charge is 0.507 e. The van der Waals surface area contributed by atoms with Gasteiger partial charge in [-0.1, -0.05) is 155 Å². The van der Waals surface area contributed by atoms with Crippen LogP contribution in [0.1, 0.15) is 185 Å². The lowest BCUT2D eigenvalue weighted by molar-refractivity contribution is -0.148. The number of aldehydes is 1. The molecule has 0 aromatic heterocycles. The molecular formula is C42H76O7. The minimum atomic E-state index is -0.665. The van der Waals surface area contributed by atoms with E-state index in [0.29, 0.717) is 31.9 Å². The van der Waals surface area contributed by atoms with E-state index in [1.165, 1.54) is 153 Å². The van der Waals surface area contributed by atoms with Gasteiger partial charge in [0.05, 0.1) is 18.8 Å². The van der Waals surface area contributed by atoms with Gasteiger partial charge in [0.15, 0.2) is 6.29 Å². The van der Waals surface area contributed by atoms with Crippen LogP contribution in [0.5, 0.6) is 11.5 Å². The summed E-state index contributed by atoms with van der Waals surface area (Å²) in [6, 6.07) is 4.59. The standard InChI is InChI=1S/C42H76O7/c1-4-7-9-11-13-15-17-19-21-23-25-27-31-45-35-40(36-46-32-28-26-24-22-20-18-16-14-12-10-8-5-2)48-37-42(47-6-3)49-39-30-29-38(34-43)41(44)33-39/h29-30,33-34,40,42,44H,4-28,31-32,35-37H2,1-3H3. The Morgan fingerprint density at radius 2 is 1.00 bits per heavy atom. The monoisotopic (exact) mass is 693 g/mol. The Kier molecular flexibility index (Phi) is 32.2. The average Bonchev–Trinajstić information content (AvgIpc) is 3.10. The van der Waals surface area contributed by atoms with E-state index < -0.39 is 6.29 Å². The average molecular weight is 693 g/mol. The van der Waals surface area contributed by atoms with Gasteiger partial charge in [-0.2, -0.15) is 0 Å². The molecule has 7 nitrogen and oxygen atoms in total. The highest BCUT2D eigenvalue weighted by molar-refractivity contribution is 5.79. The summed E-state index contributed by atoms with van der Waals surface area (Å²) in [4.78, 5) is 11.1. The summed E-state index contributed by atoms with van der Waals surface area (Å²) in [5, 5.41) is 10.0. The quantitative estimate of drug-likeness (QED) is 0.0419. The lowest BCUT2D eigenvalue weighted by atomic mass is 10.1. The number of ether oxygens (including phenoxy) is 5. The minimum Gasteiger partial charge on any atom is -0.507 e. The fourth-order valence-corrected chi connectivity index (χ4v) is 6.03. The van der Waals surface area contributed by atoms with Crippen molar-refractivity contribution in [2.45, 2.75) is 187 Å². The van der Waals surface area contributed by atoms with Gasteiger partial charge in [-0.25, -0.2) is 0 Å². The van der Waals surface area contributed by atoms with Gasteiger partial charge >= 0.3 is 0 Å². The molecular weight excluding hydrogens is 616 g/mol. The zero-order valence-corrected chi connectivity index (χ0v) is 32.1. The molecule has 0 aliphatic carbocycles. The fourth-order valence-electron chi connectivity index (χ4n) is 6.03. The summed E-state index contributed by atoms with van der Waals surface area (Å²) >= 11 is 0. The van der Waals surface area contributed by atoms with Crippen molar-refractivity contribution in [3.8, 4) is 11.5 Å². The van der Waals surface area contributed by atoms with E-state index in [4.69, 9.17) is 23.7 Å². The third-order valence-electron chi connectivity index (χ3n) is 9.11. The van der Waals surface area contributed by atoms with Crippen LogP contribution in [0, 0.1) is 0 Å². The summed E-state index contributed by atoms with van der Waals surface area (Å²) in [7, 11) is 0. The maximum Gasteiger partial charge on any atom is 0.223 e. The lowest BCUT2D eigenvalue weighted by Gasteiger charge is -2.23. The number of unbranched alkanes of at least 4 members (excludes halogenated alkanes) is 22. The van der Waals surface area contributed by atoms with Crippen molar-refractivity contribution in [2.24, 2.45) is 0 Å². The molecule has 1 aromatic rings. The van der Waals surface area contributed by atoms with Gasteiger partial charge in [-0.3, -0.25) is 4.79 Å². The number of rotatable bonds is 38. The van der Waals surface area contributed by atoms with E-state index in [1.54, 1.807) is 6.07 Å². The Morgan fingerprint density at radius 1 is 0.571 bits per heavy atom. The molecule has 0 spiro atoms. The number of phenols is 1. The third kappa shape index (κ3) is 27.7. The van der Waals surface area contributed by atoms with Crippen molar-refractivity contribution in [2.75, 3.05) is 39.6 Å². The SMILES string of the molecule is CCCCCCCCCCCCCCOCC(COCCCCCCCCCCCCCC)OCC(OCC)Oc1ccc(C=O)c(O)c1. The summed E-state index contributed by atoms with van der Waals surface area (Å²) in [6.45, 7) is 9.46. The molecule has 0 saturated carbocycles. The number of carbonyl (C=O) groups is 1. The topological polar surface area (TPSA) is 83.5 Å². The van der Waals surface area contributed by atoms with Crippen LogP contribution < -0.4 is 4.74 Å². The number of hydrogen-bond donors (Lipinski definition) is 1. The smallest absolute Gasteiger partial charge is 0.223 e. The summed E-state index contributed by atoms with van der Waals surface area (Å²) in [5.41, 5.74) is 0.215. The zero-order chi connectivity index (χ0) is 35.5. The van der Waals surface area contributed by atoms with E-state index in [0.717, 1.165) is 26.1 Å². The Labute approximate surface area is 301 Å². The summed E-state index contributed by atoms with van der Waals surface area (Å²) in [6.07, 6.45) is 31.5. The molecule has 0 fully saturated rings. The predicted octanol–water partition coefficient (Wildman–Crippen LogP) is 11.8. The molecule has 286 valence electrons. The Balaban J connectivity index is 2.34. The third-order valence-corrected chi connectivity index (χ3v) is 9.11. The van der Waals surface area contributed by atoms with Gasteiger partial charge in [0.25, 0.3) is 0 Å². The molecule has 0 amide bonds. The zero-order valence-electron chi connectivity index (χ0n) is 32.1. The second-order valence-electron chi connectivity index (χ2n) is 13.7. The van der Waals surface area contributed by atoms with E-state index in [-0.39, 0.29) is 24.0 Å². The van der Waals surface area contributed by atoms with E-state index in [9.17, 15) is 9.90 Å². The molecule has 1 aromatic carbocycles. The van der Waals surface area contributed by atoms with E-state index >= 15 is 0 Å². The van der Waals surface area contributed by atoms with Crippen molar-refractivity contribution < 1.29 is 33.6 Å². The highest BCUT2D eigenvalue weighted by Crippen LogP contribution is 2.23. The Hall–Kier alpha value is -1.67. The Bertz CT molecular complexity index is 816. The van der Waals surface area contributed by atoms with Crippen molar-refractivity contribution >= 4 is 6.29 Å². The Morgan fingerprint density at radius 3 is 1.39 bits per heavy atom. The molecule has 7 heteroatoms. The molecule has 1 N–H and O–H groups in total. The first-order valence-corrected chi connectivity index (χ1v) is 20.5. The molecule has 1 atom stereocenters. The molecule has 0 bridgehead atoms.